The van der Waals surface area contributed by atoms with Gasteiger partial charge in [-0.15, -0.1) is 0 Å². The van der Waals surface area contributed by atoms with Crippen LogP contribution in [0.4, 0.5) is 34.1 Å². The number of allylic oxidation sites excluding steroid dienone is 2. The van der Waals surface area contributed by atoms with Gasteiger partial charge in [0, 0.05) is 57.4 Å². The van der Waals surface area contributed by atoms with Gasteiger partial charge in [-0.1, -0.05) is 121 Å². The molecule has 0 saturated heterocycles. The van der Waals surface area contributed by atoms with Crippen LogP contribution in [0.1, 0.15) is 24.0 Å². The molecular weight excluding hydrogens is 715 g/mol. The molecule has 15 rings (SSSR count). The van der Waals surface area contributed by atoms with E-state index in [1.807, 2.05) is 24.5 Å². The molecule has 6 aromatic carbocycles. The predicted molar refractivity (Wildman–Crippen MR) is 241 cm³/mol. The van der Waals surface area contributed by atoms with E-state index in [0.29, 0.717) is 17.8 Å². The zero-order valence-corrected chi connectivity index (χ0v) is 32.3. The lowest BCUT2D eigenvalue weighted by Crippen LogP contribution is -2.62. The summed E-state index contributed by atoms with van der Waals surface area (Å²) in [6.45, 7) is 0.0255. The zero-order chi connectivity index (χ0) is 38.4. The van der Waals surface area contributed by atoms with Crippen molar-refractivity contribution in [3.05, 3.63) is 199 Å². The van der Waals surface area contributed by atoms with Crippen LogP contribution >= 0.6 is 0 Å². The number of hydrogen-bond donors (Lipinski definition) is 0. The van der Waals surface area contributed by atoms with Crippen LogP contribution in [0.3, 0.4) is 0 Å². The van der Waals surface area contributed by atoms with Crippen molar-refractivity contribution in [3.8, 4) is 33.6 Å². The van der Waals surface area contributed by atoms with Crippen LogP contribution in [0.15, 0.2) is 188 Å². The van der Waals surface area contributed by atoms with Crippen molar-refractivity contribution in [1.82, 2.24) is 9.97 Å². The molecule has 4 unspecified atom stereocenters. The van der Waals surface area contributed by atoms with Crippen LogP contribution in [0.2, 0.25) is 0 Å². The Balaban J connectivity index is 1.18. The molecule has 5 aliphatic carbocycles. The van der Waals surface area contributed by atoms with Crippen LogP contribution in [-0.4, -0.2) is 16.7 Å². The van der Waals surface area contributed by atoms with Gasteiger partial charge >= 0.3 is 0 Å². The number of para-hydroxylation sites is 4. The van der Waals surface area contributed by atoms with Crippen LogP contribution < -0.4 is 26.2 Å². The summed E-state index contributed by atoms with van der Waals surface area (Å²) in [5.41, 5.74) is 22.7. The summed E-state index contributed by atoms with van der Waals surface area (Å²) in [7, 11) is 0. The number of nitrogens with zero attached hydrogens (tertiary/aromatic N) is 4. The Hall–Kier alpha value is -6.98. The Morgan fingerprint density at radius 3 is 1.80 bits per heavy atom. The van der Waals surface area contributed by atoms with E-state index in [2.05, 4.69) is 168 Å². The van der Waals surface area contributed by atoms with E-state index in [0.717, 1.165) is 28.2 Å². The quantitative estimate of drug-likeness (QED) is 0.132. The fourth-order valence-electron chi connectivity index (χ4n) is 12.8. The molecule has 4 nitrogen and oxygen atoms in total. The Kier molecular flexibility index (Phi) is 6.29. The summed E-state index contributed by atoms with van der Waals surface area (Å²) >= 11 is 0. The van der Waals surface area contributed by atoms with Crippen molar-refractivity contribution < 1.29 is 0 Å². The molecule has 0 radical (unpaired) electrons. The summed E-state index contributed by atoms with van der Waals surface area (Å²) in [5.74, 6) is 1.87. The highest BCUT2D eigenvalue weighted by atomic mass is 15.2. The molecule has 5 heteroatoms. The number of pyridine rings is 2. The van der Waals surface area contributed by atoms with Crippen molar-refractivity contribution in [3.63, 3.8) is 0 Å². The summed E-state index contributed by atoms with van der Waals surface area (Å²) in [6, 6.07) is 60.7. The molecule has 2 saturated carbocycles. The Morgan fingerprint density at radius 1 is 0.525 bits per heavy atom. The molecule has 0 amide bonds. The van der Waals surface area contributed by atoms with E-state index in [9.17, 15) is 0 Å². The van der Waals surface area contributed by atoms with Gasteiger partial charge in [0.25, 0.3) is 6.71 Å². The standard InChI is InChI=1S/C54H37BN4/c1-2-15-35(16-3-1)58-47-25-8-6-21-43(47)55-44-22-7-9-26-48(44)59(52-37(45-23-10-12-27-56-45)18-14-19-38(52)46-24-11-13-28-57-46)49-32-39-36-17-4-5-20-40(36)54(50(39)53(58)51(49)55)41-30-33-29-34(41)31-42(33)54/h1-28,30,32-34,42H,29,31H2. The van der Waals surface area contributed by atoms with Gasteiger partial charge in [0.05, 0.1) is 17.1 Å². The van der Waals surface area contributed by atoms with E-state index >= 15 is 0 Å². The van der Waals surface area contributed by atoms with Gasteiger partial charge in [-0.2, -0.15) is 0 Å². The zero-order valence-electron chi connectivity index (χ0n) is 32.3. The van der Waals surface area contributed by atoms with Gasteiger partial charge in [-0.05, 0) is 124 Å². The van der Waals surface area contributed by atoms with Crippen LogP contribution in [0.5, 0.6) is 0 Å². The molecule has 8 aromatic rings. The Labute approximate surface area is 344 Å². The van der Waals surface area contributed by atoms with Crippen LogP contribution in [0.25, 0.3) is 33.6 Å². The van der Waals surface area contributed by atoms with E-state index in [1.54, 1.807) is 5.57 Å². The summed E-state index contributed by atoms with van der Waals surface area (Å²) in [4.78, 5) is 15.2. The first kappa shape index (κ1) is 32.0. The van der Waals surface area contributed by atoms with Gasteiger partial charge in [0.1, 0.15) is 0 Å². The molecule has 2 aliphatic heterocycles. The van der Waals surface area contributed by atoms with Gasteiger partial charge in [-0.3, -0.25) is 9.97 Å². The van der Waals surface area contributed by atoms with E-state index < -0.39 is 0 Å². The second-order valence-electron chi connectivity index (χ2n) is 17.2. The minimum Gasteiger partial charge on any atom is -0.311 e. The molecule has 4 heterocycles. The first-order valence-corrected chi connectivity index (χ1v) is 21.1. The molecule has 276 valence electrons. The summed E-state index contributed by atoms with van der Waals surface area (Å²) < 4.78 is 0. The minimum absolute atomic E-state index is 0.0255. The third kappa shape index (κ3) is 3.96. The fourth-order valence-corrected chi connectivity index (χ4v) is 12.8. The van der Waals surface area contributed by atoms with Gasteiger partial charge in [0.2, 0.25) is 0 Å². The second kappa shape index (κ2) is 11.6. The van der Waals surface area contributed by atoms with Crippen molar-refractivity contribution in [2.24, 2.45) is 17.8 Å². The number of rotatable bonds is 4. The number of anilines is 6. The third-order valence-electron chi connectivity index (χ3n) is 14.7. The normalized spacial score (nSPS) is 21.7. The van der Waals surface area contributed by atoms with Crippen LogP contribution in [-0.2, 0) is 5.41 Å². The number of aromatic nitrogens is 2. The fraction of sp³-hybridized carbons (Fsp3) is 0.111. The number of hydrogen-bond acceptors (Lipinski definition) is 4. The molecule has 2 aromatic heterocycles. The number of benzene rings is 6. The average Bonchev–Trinajstić information content (AvgIpc) is 4.12. The van der Waals surface area contributed by atoms with Gasteiger partial charge < -0.3 is 9.80 Å². The molecule has 2 fully saturated rings. The topological polar surface area (TPSA) is 32.3 Å². The molecule has 4 atom stereocenters. The smallest absolute Gasteiger partial charge is 0.252 e. The van der Waals surface area contributed by atoms with Crippen LogP contribution in [0, 0.1) is 17.8 Å². The van der Waals surface area contributed by atoms with Crippen molar-refractivity contribution >= 4 is 57.2 Å². The second-order valence-corrected chi connectivity index (χ2v) is 17.2. The summed E-state index contributed by atoms with van der Waals surface area (Å²) in [5, 5.41) is 0. The molecular formula is C54H37BN4. The number of fused-ring (bicyclic) bond motifs is 8. The summed E-state index contributed by atoms with van der Waals surface area (Å²) in [6.07, 6.45) is 9.12. The highest BCUT2D eigenvalue weighted by molar-refractivity contribution is 7.00. The highest BCUT2D eigenvalue weighted by Gasteiger charge is 2.68. The van der Waals surface area contributed by atoms with E-state index in [-0.39, 0.29) is 12.1 Å². The predicted octanol–water partition coefficient (Wildman–Crippen LogP) is 10.8. The molecule has 0 N–H and O–H groups in total. The van der Waals surface area contributed by atoms with Crippen molar-refractivity contribution in [1.29, 1.82) is 0 Å². The minimum atomic E-state index is -0.138. The first-order valence-electron chi connectivity index (χ1n) is 21.1. The lowest BCUT2D eigenvalue weighted by Gasteiger charge is -2.47. The maximum Gasteiger partial charge on any atom is 0.252 e. The SMILES string of the molecule is C1=C2C3CC1C(C3)C21c2ccccc2-c2cc3c4c(c21)N(c1ccccc1)c1ccccc1B4c1ccccc1N3c1c(-c2ccccn2)cccc1-c1ccccn1. The molecule has 59 heavy (non-hydrogen) atoms. The van der Waals surface area contributed by atoms with Crippen molar-refractivity contribution in [2.75, 3.05) is 9.80 Å². The maximum absolute atomic E-state index is 5.00. The Morgan fingerprint density at radius 2 is 1.15 bits per heavy atom. The monoisotopic (exact) mass is 752 g/mol. The van der Waals surface area contributed by atoms with Crippen molar-refractivity contribution in [2.45, 2.75) is 18.3 Å². The van der Waals surface area contributed by atoms with E-state index in [1.165, 1.54) is 79.9 Å². The van der Waals surface area contributed by atoms with Gasteiger partial charge in [0.15, 0.2) is 0 Å². The lowest BCUT2D eigenvalue weighted by atomic mass is 9.33. The maximum atomic E-state index is 5.00. The average molecular weight is 753 g/mol. The first-order chi connectivity index (χ1) is 29.3. The lowest BCUT2D eigenvalue weighted by molar-refractivity contribution is 0.373. The van der Waals surface area contributed by atoms with E-state index in [4.69, 9.17) is 9.97 Å². The molecule has 4 bridgehead atoms. The Bertz CT molecular complexity index is 3050. The van der Waals surface area contributed by atoms with Gasteiger partial charge in [-0.25, -0.2) is 0 Å². The largest absolute Gasteiger partial charge is 0.311 e. The third-order valence-corrected chi connectivity index (χ3v) is 14.7. The molecule has 1 spiro atoms. The molecule has 7 aliphatic rings. The highest BCUT2D eigenvalue weighted by Crippen LogP contribution is 2.75.